The molecule has 118 valence electrons. The summed E-state index contributed by atoms with van der Waals surface area (Å²) in [5.74, 6) is 0.0790. The third-order valence-corrected chi connectivity index (χ3v) is 3.89. The molecule has 1 heterocycles. The number of urea groups is 1. The summed E-state index contributed by atoms with van der Waals surface area (Å²) in [5.41, 5.74) is 0.898. The highest BCUT2D eigenvalue weighted by Crippen LogP contribution is 2.33. The maximum atomic E-state index is 12.2. The molecule has 1 fully saturated rings. The molecule has 0 unspecified atom stereocenters. The van der Waals surface area contributed by atoms with Crippen LogP contribution in [0.25, 0.3) is 6.08 Å². The molecule has 2 N–H and O–H groups in total. The van der Waals surface area contributed by atoms with Crippen molar-refractivity contribution >= 4 is 40.6 Å². The molecule has 0 saturated carbocycles. The molecule has 0 bridgehead atoms. The molecule has 3 amide bonds. The van der Waals surface area contributed by atoms with Gasteiger partial charge in [-0.2, -0.15) is 0 Å². The van der Waals surface area contributed by atoms with Gasteiger partial charge in [0.25, 0.3) is 5.91 Å². The molecule has 1 aliphatic rings. The van der Waals surface area contributed by atoms with Crippen LogP contribution < -0.4 is 10.1 Å². The fraction of sp³-hybridized carbons (Fsp3) is 0.333. The first-order chi connectivity index (χ1) is 10.5. The number of hydrogen-bond donors (Lipinski definition) is 2. The van der Waals surface area contributed by atoms with E-state index in [-0.39, 0.29) is 17.4 Å². The third-order valence-electron chi connectivity index (χ3n) is 3.07. The third kappa shape index (κ3) is 3.34. The van der Waals surface area contributed by atoms with Gasteiger partial charge in [-0.05, 0) is 59.7 Å². The predicted octanol–water partition coefficient (Wildman–Crippen LogP) is 2.70. The van der Waals surface area contributed by atoms with E-state index in [1.54, 1.807) is 18.2 Å². The minimum atomic E-state index is -0.406. The van der Waals surface area contributed by atoms with Crippen LogP contribution in [-0.4, -0.2) is 35.1 Å². The molecule has 6 nitrogen and oxygen atoms in total. The summed E-state index contributed by atoms with van der Waals surface area (Å²) in [5, 5.41) is 12.5. The van der Waals surface area contributed by atoms with Crippen molar-refractivity contribution in [3.8, 4) is 11.5 Å². The van der Waals surface area contributed by atoms with E-state index in [0.29, 0.717) is 34.5 Å². The van der Waals surface area contributed by atoms with E-state index in [1.807, 2.05) is 36.4 Å². The SMILES string of the molecule is CCCN1C(=O)N/C(=C/c2cc(I)c(O)c(OCC)c2)C1=O. The maximum absolute atomic E-state index is 12.2. The monoisotopic (exact) mass is 416 g/mol. The second-order valence-corrected chi connectivity index (χ2v) is 5.89. The van der Waals surface area contributed by atoms with E-state index >= 15 is 0 Å². The molecule has 1 aliphatic heterocycles. The number of nitrogens with one attached hydrogen (secondary N) is 1. The van der Waals surface area contributed by atoms with E-state index in [0.717, 1.165) is 0 Å². The number of carbonyl (C=O) groups excluding carboxylic acids is 2. The number of nitrogens with zero attached hydrogens (tertiary/aromatic N) is 1. The van der Waals surface area contributed by atoms with Crippen LogP contribution in [0, 0.1) is 3.57 Å². The van der Waals surface area contributed by atoms with Crippen LogP contribution in [0.15, 0.2) is 17.8 Å². The lowest BCUT2D eigenvalue weighted by Gasteiger charge is -2.09. The molecule has 0 atom stereocenters. The van der Waals surface area contributed by atoms with Gasteiger partial charge in [-0.1, -0.05) is 6.92 Å². The van der Waals surface area contributed by atoms with E-state index in [1.165, 1.54) is 4.90 Å². The van der Waals surface area contributed by atoms with Crippen LogP contribution in [0.4, 0.5) is 4.79 Å². The van der Waals surface area contributed by atoms with Gasteiger partial charge < -0.3 is 15.2 Å². The fourth-order valence-corrected chi connectivity index (χ4v) is 2.73. The summed E-state index contributed by atoms with van der Waals surface area (Å²) in [7, 11) is 0. The summed E-state index contributed by atoms with van der Waals surface area (Å²) in [6.07, 6.45) is 2.29. The summed E-state index contributed by atoms with van der Waals surface area (Å²) in [6, 6.07) is 2.94. The molecule has 1 aromatic carbocycles. The summed E-state index contributed by atoms with van der Waals surface area (Å²) < 4.78 is 5.97. The standard InChI is InChI=1S/C15H17IN2O4/c1-3-5-18-14(20)11(17-15(18)21)7-9-6-10(16)13(19)12(8-9)22-4-2/h6-8,19H,3-5H2,1-2H3,(H,17,21)/b11-7+. The average molecular weight is 416 g/mol. The number of amides is 3. The van der Waals surface area contributed by atoms with Gasteiger partial charge in [0.2, 0.25) is 0 Å². The van der Waals surface area contributed by atoms with Crippen molar-refractivity contribution in [1.29, 1.82) is 0 Å². The van der Waals surface area contributed by atoms with Crippen molar-refractivity contribution in [3.63, 3.8) is 0 Å². The van der Waals surface area contributed by atoms with Crippen LogP contribution in [0.5, 0.6) is 11.5 Å². The first kappa shape index (κ1) is 16.6. The van der Waals surface area contributed by atoms with Crippen LogP contribution in [-0.2, 0) is 4.79 Å². The fourth-order valence-electron chi connectivity index (χ4n) is 2.11. The van der Waals surface area contributed by atoms with E-state index in [2.05, 4.69) is 5.32 Å². The van der Waals surface area contributed by atoms with Gasteiger partial charge in [0.15, 0.2) is 11.5 Å². The van der Waals surface area contributed by atoms with E-state index in [4.69, 9.17) is 4.74 Å². The zero-order valence-electron chi connectivity index (χ0n) is 12.4. The molecule has 1 aromatic rings. The maximum Gasteiger partial charge on any atom is 0.329 e. The van der Waals surface area contributed by atoms with Gasteiger partial charge in [0.1, 0.15) is 5.70 Å². The lowest BCUT2D eigenvalue weighted by Crippen LogP contribution is -2.31. The predicted molar refractivity (Wildman–Crippen MR) is 90.5 cm³/mol. The Morgan fingerprint density at radius 1 is 1.36 bits per heavy atom. The minimum Gasteiger partial charge on any atom is -0.504 e. The molecular formula is C15H17IN2O4. The van der Waals surface area contributed by atoms with Crippen molar-refractivity contribution in [3.05, 3.63) is 27.0 Å². The molecule has 7 heteroatoms. The number of rotatable bonds is 5. The topological polar surface area (TPSA) is 78.9 Å². The highest BCUT2D eigenvalue weighted by atomic mass is 127. The highest BCUT2D eigenvalue weighted by Gasteiger charge is 2.32. The molecule has 22 heavy (non-hydrogen) atoms. The summed E-state index contributed by atoms with van der Waals surface area (Å²) in [6.45, 7) is 4.53. The highest BCUT2D eigenvalue weighted by molar-refractivity contribution is 14.1. The van der Waals surface area contributed by atoms with Crippen molar-refractivity contribution < 1.29 is 19.4 Å². The van der Waals surface area contributed by atoms with E-state index in [9.17, 15) is 14.7 Å². The summed E-state index contributed by atoms with van der Waals surface area (Å²) in [4.78, 5) is 25.1. The Balaban J connectivity index is 2.33. The molecular weight excluding hydrogens is 399 g/mol. The second kappa shape index (κ2) is 6.99. The number of halogens is 1. The Hall–Kier alpha value is -1.77. The number of ether oxygens (including phenoxy) is 1. The number of phenolic OH excluding ortho intramolecular Hbond substituents is 1. The van der Waals surface area contributed by atoms with Crippen LogP contribution in [0.2, 0.25) is 0 Å². The smallest absolute Gasteiger partial charge is 0.329 e. The summed E-state index contributed by atoms with van der Waals surface area (Å²) >= 11 is 1.99. The largest absolute Gasteiger partial charge is 0.504 e. The van der Waals surface area contributed by atoms with Crippen LogP contribution >= 0.6 is 22.6 Å². The van der Waals surface area contributed by atoms with Crippen molar-refractivity contribution in [2.75, 3.05) is 13.2 Å². The number of phenols is 1. The average Bonchev–Trinajstić information content (AvgIpc) is 2.72. The molecule has 2 rings (SSSR count). The van der Waals surface area contributed by atoms with Gasteiger partial charge in [-0.15, -0.1) is 0 Å². The zero-order valence-corrected chi connectivity index (χ0v) is 14.5. The molecule has 0 radical (unpaired) electrons. The van der Waals surface area contributed by atoms with Crippen molar-refractivity contribution in [1.82, 2.24) is 10.2 Å². The van der Waals surface area contributed by atoms with Gasteiger partial charge in [-0.3, -0.25) is 9.69 Å². The number of benzene rings is 1. The number of aromatic hydroxyl groups is 1. The Morgan fingerprint density at radius 3 is 2.73 bits per heavy atom. The molecule has 0 aliphatic carbocycles. The number of imide groups is 1. The number of carbonyl (C=O) groups is 2. The molecule has 1 saturated heterocycles. The first-order valence-electron chi connectivity index (χ1n) is 6.97. The molecule has 0 spiro atoms. The quantitative estimate of drug-likeness (QED) is 0.440. The minimum absolute atomic E-state index is 0.0685. The van der Waals surface area contributed by atoms with Crippen molar-refractivity contribution in [2.45, 2.75) is 20.3 Å². The lowest BCUT2D eigenvalue weighted by atomic mass is 10.1. The van der Waals surface area contributed by atoms with Gasteiger partial charge in [0, 0.05) is 6.54 Å². The zero-order chi connectivity index (χ0) is 16.3. The number of hydrogen-bond acceptors (Lipinski definition) is 4. The Labute approximate surface area is 142 Å². The normalized spacial score (nSPS) is 16.3. The Kier molecular flexibility index (Phi) is 5.28. The van der Waals surface area contributed by atoms with Gasteiger partial charge in [0.05, 0.1) is 10.2 Å². The Bertz CT molecular complexity index is 643. The second-order valence-electron chi connectivity index (χ2n) is 4.73. The van der Waals surface area contributed by atoms with Crippen LogP contribution in [0.1, 0.15) is 25.8 Å². The van der Waals surface area contributed by atoms with Crippen molar-refractivity contribution in [2.24, 2.45) is 0 Å². The lowest BCUT2D eigenvalue weighted by molar-refractivity contribution is -0.122. The first-order valence-corrected chi connectivity index (χ1v) is 8.05. The van der Waals surface area contributed by atoms with Gasteiger partial charge >= 0.3 is 6.03 Å². The molecule has 0 aromatic heterocycles. The van der Waals surface area contributed by atoms with Crippen LogP contribution in [0.3, 0.4) is 0 Å². The Morgan fingerprint density at radius 2 is 2.09 bits per heavy atom. The van der Waals surface area contributed by atoms with E-state index < -0.39 is 6.03 Å². The van der Waals surface area contributed by atoms with Gasteiger partial charge in [-0.25, -0.2) is 4.79 Å².